The predicted octanol–water partition coefficient (Wildman–Crippen LogP) is 3.98. The molecule has 1 rings (SSSR count). The lowest BCUT2D eigenvalue weighted by molar-refractivity contribution is -0.150. The van der Waals surface area contributed by atoms with Gasteiger partial charge in [0.25, 0.3) is 0 Å². The molecule has 5 heteroatoms. The van der Waals surface area contributed by atoms with Crippen LogP contribution < -0.4 is 4.74 Å². The minimum absolute atomic E-state index is 0.469. The molecule has 0 heterocycles. The number of hydrogen-bond donors (Lipinski definition) is 1. The third-order valence-corrected chi connectivity index (χ3v) is 3.00. The maximum absolute atomic E-state index is 11.2. The van der Waals surface area contributed by atoms with Crippen molar-refractivity contribution in [1.82, 2.24) is 0 Å². The van der Waals surface area contributed by atoms with Crippen molar-refractivity contribution in [2.24, 2.45) is 5.41 Å². The first kappa shape index (κ1) is 14.3. The highest BCUT2D eigenvalue weighted by Crippen LogP contribution is 2.32. The van der Waals surface area contributed by atoms with Crippen LogP contribution in [0.25, 0.3) is 0 Å². The van der Waals surface area contributed by atoms with E-state index in [-0.39, 0.29) is 0 Å². The van der Waals surface area contributed by atoms with Gasteiger partial charge in [-0.25, -0.2) is 4.79 Å². The average Bonchev–Trinajstić information content (AvgIpc) is 2.13. The quantitative estimate of drug-likeness (QED) is 0.916. The summed E-state index contributed by atoms with van der Waals surface area (Å²) >= 11 is 9.09. The lowest BCUT2D eigenvalue weighted by Crippen LogP contribution is -2.39. The number of hydrogen-bond acceptors (Lipinski definition) is 2. The van der Waals surface area contributed by atoms with Gasteiger partial charge in [-0.2, -0.15) is 0 Å². The highest BCUT2D eigenvalue weighted by Gasteiger charge is 2.33. The monoisotopic (exact) mass is 320 g/mol. The molecule has 1 N–H and O–H groups in total. The van der Waals surface area contributed by atoms with Gasteiger partial charge in [-0.05, 0) is 34.1 Å². The largest absolute Gasteiger partial charge is 0.478 e. The number of carbonyl (C=O) groups is 1. The summed E-state index contributed by atoms with van der Waals surface area (Å²) in [6.45, 7) is 5.45. The number of halogens is 2. The van der Waals surface area contributed by atoms with Crippen LogP contribution in [-0.2, 0) is 4.79 Å². The normalized spacial score (nSPS) is 13.2. The van der Waals surface area contributed by atoms with Crippen LogP contribution in [0.3, 0.4) is 0 Å². The van der Waals surface area contributed by atoms with Crippen LogP contribution >= 0.6 is 27.5 Å². The van der Waals surface area contributed by atoms with E-state index in [2.05, 4.69) is 15.9 Å². The molecule has 0 fully saturated rings. The Labute approximate surface area is 114 Å². The van der Waals surface area contributed by atoms with Crippen molar-refractivity contribution >= 4 is 33.5 Å². The van der Waals surface area contributed by atoms with Crippen molar-refractivity contribution in [3.05, 3.63) is 27.7 Å². The third kappa shape index (κ3) is 3.89. The summed E-state index contributed by atoms with van der Waals surface area (Å²) in [7, 11) is 0. The van der Waals surface area contributed by atoms with Crippen molar-refractivity contribution < 1.29 is 14.6 Å². The second-order valence-corrected chi connectivity index (χ2v) is 6.07. The van der Waals surface area contributed by atoms with E-state index >= 15 is 0 Å². The van der Waals surface area contributed by atoms with Crippen LogP contribution in [0, 0.1) is 5.41 Å². The maximum Gasteiger partial charge on any atom is 0.345 e. The molecule has 1 atom stereocenters. The summed E-state index contributed by atoms with van der Waals surface area (Å²) in [6.07, 6.45) is -0.917. The topological polar surface area (TPSA) is 46.5 Å². The summed E-state index contributed by atoms with van der Waals surface area (Å²) in [6, 6.07) is 4.97. The van der Waals surface area contributed by atoms with Gasteiger partial charge in [-0.1, -0.05) is 32.4 Å². The molecule has 0 bridgehead atoms. The van der Waals surface area contributed by atoms with Crippen LogP contribution in [0.4, 0.5) is 0 Å². The molecule has 17 heavy (non-hydrogen) atoms. The Balaban J connectivity index is 2.98. The van der Waals surface area contributed by atoms with Gasteiger partial charge in [0.2, 0.25) is 0 Å². The molecule has 0 saturated heterocycles. The number of benzene rings is 1. The van der Waals surface area contributed by atoms with Gasteiger partial charge >= 0.3 is 5.97 Å². The molecular weight excluding hydrogens is 307 g/mol. The van der Waals surface area contributed by atoms with Gasteiger partial charge in [0, 0.05) is 10.4 Å². The first-order chi connectivity index (χ1) is 7.71. The summed E-state index contributed by atoms with van der Waals surface area (Å²) in [5.74, 6) is -0.518. The fourth-order valence-corrected chi connectivity index (χ4v) is 2.07. The van der Waals surface area contributed by atoms with Gasteiger partial charge in [0.05, 0.1) is 4.47 Å². The van der Waals surface area contributed by atoms with E-state index in [0.29, 0.717) is 15.2 Å². The molecule has 0 aliphatic rings. The minimum Gasteiger partial charge on any atom is -0.478 e. The predicted molar refractivity (Wildman–Crippen MR) is 70.7 cm³/mol. The fourth-order valence-electron chi connectivity index (χ4n) is 1.30. The first-order valence-electron chi connectivity index (χ1n) is 5.06. The van der Waals surface area contributed by atoms with E-state index in [1.54, 1.807) is 18.2 Å². The number of ether oxygens (including phenoxy) is 1. The molecule has 0 radical (unpaired) electrons. The van der Waals surface area contributed by atoms with Crippen molar-refractivity contribution in [1.29, 1.82) is 0 Å². The average molecular weight is 322 g/mol. The molecule has 0 spiro atoms. The summed E-state index contributed by atoms with van der Waals surface area (Å²) < 4.78 is 6.16. The van der Waals surface area contributed by atoms with E-state index in [1.807, 2.05) is 20.8 Å². The van der Waals surface area contributed by atoms with E-state index in [4.69, 9.17) is 21.4 Å². The molecule has 1 aromatic carbocycles. The molecular formula is C12H14BrClO3. The minimum atomic E-state index is -0.987. The Bertz CT molecular complexity index is 426. The third-order valence-electron chi connectivity index (χ3n) is 2.15. The Morgan fingerprint density at radius 1 is 1.47 bits per heavy atom. The van der Waals surface area contributed by atoms with E-state index in [1.165, 1.54) is 0 Å². The van der Waals surface area contributed by atoms with E-state index < -0.39 is 17.5 Å². The number of aliphatic carboxylic acids is 1. The van der Waals surface area contributed by atoms with Gasteiger partial charge in [-0.15, -0.1) is 0 Å². The fraction of sp³-hybridized carbons (Fsp3) is 0.417. The zero-order chi connectivity index (χ0) is 13.2. The van der Waals surface area contributed by atoms with Crippen molar-refractivity contribution in [2.75, 3.05) is 0 Å². The number of rotatable bonds is 3. The molecule has 0 aliphatic heterocycles. The maximum atomic E-state index is 11.2. The second-order valence-electron chi connectivity index (χ2n) is 4.78. The van der Waals surface area contributed by atoms with Crippen LogP contribution in [0.1, 0.15) is 20.8 Å². The van der Waals surface area contributed by atoms with Gasteiger partial charge in [-0.3, -0.25) is 0 Å². The van der Waals surface area contributed by atoms with Gasteiger partial charge < -0.3 is 9.84 Å². The van der Waals surface area contributed by atoms with Gasteiger partial charge in [0.1, 0.15) is 5.75 Å². The SMILES string of the molecule is CC(C)(C)C(Oc1ccc(Cl)cc1Br)C(=O)O. The van der Waals surface area contributed by atoms with Crippen molar-refractivity contribution in [3.8, 4) is 5.75 Å². The van der Waals surface area contributed by atoms with Gasteiger partial charge in [0.15, 0.2) is 6.10 Å². The van der Waals surface area contributed by atoms with E-state index in [0.717, 1.165) is 0 Å². The molecule has 0 amide bonds. The van der Waals surface area contributed by atoms with Crippen LogP contribution in [0.5, 0.6) is 5.75 Å². The van der Waals surface area contributed by atoms with Crippen molar-refractivity contribution in [2.45, 2.75) is 26.9 Å². The summed E-state index contributed by atoms with van der Waals surface area (Å²) in [4.78, 5) is 11.2. The molecule has 94 valence electrons. The summed E-state index contributed by atoms with van der Waals surface area (Å²) in [5.41, 5.74) is -0.495. The second kappa shape index (κ2) is 5.27. The zero-order valence-corrected chi connectivity index (χ0v) is 12.2. The molecule has 1 aromatic rings. The van der Waals surface area contributed by atoms with Crippen LogP contribution in [0.15, 0.2) is 22.7 Å². The highest BCUT2D eigenvalue weighted by atomic mass is 79.9. The van der Waals surface area contributed by atoms with Crippen LogP contribution in [0.2, 0.25) is 5.02 Å². The molecule has 0 aliphatic carbocycles. The number of carboxylic acid groups (broad SMARTS) is 1. The standard InChI is InChI=1S/C12H14BrClO3/c1-12(2,3)10(11(15)16)17-9-5-4-7(14)6-8(9)13/h4-6,10H,1-3H3,(H,15,16). The lowest BCUT2D eigenvalue weighted by atomic mass is 9.89. The Hall–Kier alpha value is -0.740. The van der Waals surface area contributed by atoms with Crippen LogP contribution in [-0.4, -0.2) is 17.2 Å². The Morgan fingerprint density at radius 2 is 2.06 bits per heavy atom. The zero-order valence-electron chi connectivity index (χ0n) is 9.83. The molecule has 0 aromatic heterocycles. The smallest absolute Gasteiger partial charge is 0.345 e. The Morgan fingerprint density at radius 3 is 2.47 bits per heavy atom. The lowest BCUT2D eigenvalue weighted by Gasteiger charge is -2.27. The molecule has 1 unspecified atom stereocenters. The van der Waals surface area contributed by atoms with E-state index in [9.17, 15) is 4.79 Å². The van der Waals surface area contributed by atoms with Crippen molar-refractivity contribution in [3.63, 3.8) is 0 Å². The molecule has 0 saturated carbocycles. The summed E-state index contributed by atoms with van der Waals surface area (Å²) in [5, 5.41) is 9.71. The Kier molecular flexibility index (Phi) is 4.44. The first-order valence-corrected chi connectivity index (χ1v) is 6.23. The molecule has 3 nitrogen and oxygen atoms in total. The number of carboxylic acids is 1. The highest BCUT2D eigenvalue weighted by molar-refractivity contribution is 9.10.